The van der Waals surface area contributed by atoms with Gasteiger partial charge in [-0.15, -0.1) is 0 Å². The minimum absolute atomic E-state index is 0.116. The zero-order valence-electron chi connectivity index (χ0n) is 9.94. The highest BCUT2D eigenvalue weighted by Gasteiger charge is 2.22. The highest BCUT2D eigenvalue weighted by Crippen LogP contribution is 2.19. The van der Waals surface area contributed by atoms with Crippen molar-refractivity contribution in [1.29, 1.82) is 0 Å². The van der Waals surface area contributed by atoms with Crippen molar-refractivity contribution in [3.05, 3.63) is 0 Å². The Morgan fingerprint density at radius 1 is 1.14 bits per heavy atom. The number of carbonyl (C=O) groups is 1. The van der Waals surface area contributed by atoms with Crippen molar-refractivity contribution in [2.24, 2.45) is 5.73 Å². The van der Waals surface area contributed by atoms with Gasteiger partial charge in [-0.1, -0.05) is 58.2 Å². The number of nitrogens with two attached hydrogens (primary N) is 1. The van der Waals surface area contributed by atoms with Crippen LogP contribution in [0.25, 0.3) is 0 Å². The highest BCUT2D eigenvalue weighted by atomic mass is 28.3. The molecule has 0 atom stereocenters. The quantitative estimate of drug-likeness (QED) is 0.490. The number of rotatable bonds is 8. The molecule has 0 saturated heterocycles. The first-order valence-electron chi connectivity index (χ1n) is 5.76. The van der Waals surface area contributed by atoms with Crippen LogP contribution in [0.15, 0.2) is 0 Å². The standard InChI is InChI=1S/C11H25NOSi/c1-4-5-6-7-8-9-14(2,3)10-11(12)13/h4-10H2,1-3H3,(H2,12,13). The average molecular weight is 215 g/mol. The maximum absolute atomic E-state index is 10.8. The van der Waals surface area contributed by atoms with Crippen LogP contribution in [0.3, 0.4) is 0 Å². The fourth-order valence-corrected chi connectivity index (χ4v) is 4.09. The summed E-state index contributed by atoms with van der Waals surface area (Å²) in [6.45, 7) is 6.75. The summed E-state index contributed by atoms with van der Waals surface area (Å²) in [7, 11) is -1.30. The molecule has 0 rings (SSSR count). The number of unbranched alkanes of at least 4 members (excludes halogenated alkanes) is 4. The van der Waals surface area contributed by atoms with E-state index in [0.717, 1.165) is 0 Å². The van der Waals surface area contributed by atoms with Gasteiger partial charge in [-0.3, -0.25) is 4.79 Å². The summed E-state index contributed by atoms with van der Waals surface area (Å²) >= 11 is 0. The van der Waals surface area contributed by atoms with Gasteiger partial charge in [-0.25, -0.2) is 0 Å². The summed E-state index contributed by atoms with van der Waals surface area (Å²) < 4.78 is 0. The Morgan fingerprint density at radius 2 is 1.71 bits per heavy atom. The van der Waals surface area contributed by atoms with Gasteiger partial charge < -0.3 is 5.73 Å². The SMILES string of the molecule is CCCCCCC[Si](C)(C)CC(N)=O. The lowest BCUT2D eigenvalue weighted by Crippen LogP contribution is -2.31. The molecule has 0 bridgehead atoms. The normalized spacial score (nSPS) is 11.6. The monoisotopic (exact) mass is 215 g/mol. The molecule has 3 heteroatoms. The van der Waals surface area contributed by atoms with E-state index in [4.69, 9.17) is 5.73 Å². The zero-order chi connectivity index (χ0) is 11.0. The van der Waals surface area contributed by atoms with Gasteiger partial charge in [0.2, 0.25) is 5.91 Å². The first-order valence-corrected chi connectivity index (χ1v) is 9.17. The molecule has 0 fully saturated rings. The van der Waals surface area contributed by atoms with Crippen molar-refractivity contribution < 1.29 is 4.79 Å². The predicted octanol–water partition coefficient (Wildman–Crippen LogP) is 3.15. The summed E-state index contributed by atoms with van der Waals surface area (Å²) in [5.41, 5.74) is 5.23. The molecule has 0 aliphatic heterocycles. The van der Waals surface area contributed by atoms with Gasteiger partial charge in [-0.05, 0) is 0 Å². The van der Waals surface area contributed by atoms with Crippen LogP contribution < -0.4 is 5.73 Å². The van der Waals surface area contributed by atoms with Gasteiger partial charge in [0.25, 0.3) is 0 Å². The van der Waals surface area contributed by atoms with E-state index in [1.54, 1.807) is 0 Å². The van der Waals surface area contributed by atoms with Crippen molar-refractivity contribution in [2.45, 2.75) is 64.2 Å². The van der Waals surface area contributed by atoms with E-state index in [9.17, 15) is 4.79 Å². The molecule has 0 spiro atoms. The smallest absolute Gasteiger partial charge is 0.214 e. The van der Waals surface area contributed by atoms with Crippen LogP contribution >= 0.6 is 0 Å². The van der Waals surface area contributed by atoms with Gasteiger partial charge in [0.15, 0.2) is 0 Å². The molecular weight excluding hydrogens is 190 g/mol. The van der Waals surface area contributed by atoms with Gasteiger partial charge in [-0.2, -0.15) is 0 Å². The molecule has 1 amide bonds. The summed E-state index contributed by atoms with van der Waals surface area (Å²) in [5.74, 6) is -0.116. The van der Waals surface area contributed by atoms with Gasteiger partial charge in [0.1, 0.15) is 0 Å². The van der Waals surface area contributed by atoms with Crippen LogP contribution in [0, 0.1) is 0 Å². The summed E-state index contributed by atoms with van der Waals surface area (Å²) in [6.07, 6.45) is 6.59. The number of carbonyl (C=O) groups excluding carboxylic acids is 1. The Kier molecular flexibility index (Phi) is 6.88. The summed E-state index contributed by atoms with van der Waals surface area (Å²) in [5, 5.41) is 0. The Hall–Kier alpha value is -0.313. The molecule has 2 N–H and O–H groups in total. The molecule has 0 aliphatic rings. The molecule has 84 valence electrons. The third-order valence-corrected chi connectivity index (χ3v) is 5.62. The molecular formula is C11H25NOSi. The molecule has 2 nitrogen and oxygen atoms in total. The number of hydrogen-bond donors (Lipinski definition) is 1. The second kappa shape index (κ2) is 7.04. The van der Waals surface area contributed by atoms with E-state index in [1.807, 2.05) is 0 Å². The Morgan fingerprint density at radius 3 is 2.21 bits per heavy atom. The fourth-order valence-electron chi connectivity index (χ4n) is 1.77. The van der Waals surface area contributed by atoms with Crippen LogP contribution in [-0.4, -0.2) is 14.0 Å². The lowest BCUT2D eigenvalue weighted by atomic mass is 10.2. The van der Waals surface area contributed by atoms with E-state index < -0.39 is 8.07 Å². The third kappa shape index (κ3) is 8.29. The molecule has 0 aliphatic carbocycles. The number of amides is 1. The van der Waals surface area contributed by atoms with Crippen LogP contribution in [0.4, 0.5) is 0 Å². The molecule has 0 aromatic rings. The molecule has 0 unspecified atom stereocenters. The van der Waals surface area contributed by atoms with Crippen molar-refractivity contribution in [2.75, 3.05) is 0 Å². The molecule has 0 aromatic carbocycles. The van der Waals surface area contributed by atoms with E-state index >= 15 is 0 Å². The molecule has 0 aromatic heterocycles. The molecule has 0 radical (unpaired) electrons. The van der Waals surface area contributed by atoms with Gasteiger partial charge in [0, 0.05) is 6.04 Å². The zero-order valence-corrected chi connectivity index (χ0v) is 10.9. The third-order valence-electron chi connectivity index (χ3n) is 2.61. The Balaban J connectivity index is 3.50. The summed E-state index contributed by atoms with van der Waals surface area (Å²) in [4.78, 5) is 10.8. The van der Waals surface area contributed by atoms with Crippen LogP contribution in [0.2, 0.25) is 25.2 Å². The molecule has 14 heavy (non-hydrogen) atoms. The van der Waals surface area contributed by atoms with E-state index in [0.29, 0.717) is 6.04 Å². The largest absolute Gasteiger partial charge is 0.370 e. The van der Waals surface area contributed by atoms with Crippen molar-refractivity contribution in [3.8, 4) is 0 Å². The lowest BCUT2D eigenvalue weighted by molar-refractivity contribution is -0.116. The lowest BCUT2D eigenvalue weighted by Gasteiger charge is -2.20. The maximum atomic E-state index is 10.8. The Bertz CT molecular complexity index is 169. The van der Waals surface area contributed by atoms with E-state index in [2.05, 4.69) is 20.0 Å². The molecule has 0 heterocycles. The fraction of sp³-hybridized carbons (Fsp3) is 0.909. The van der Waals surface area contributed by atoms with Crippen molar-refractivity contribution in [1.82, 2.24) is 0 Å². The number of hydrogen-bond acceptors (Lipinski definition) is 1. The first kappa shape index (κ1) is 13.7. The van der Waals surface area contributed by atoms with Crippen molar-refractivity contribution >= 4 is 14.0 Å². The Labute approximate surface area is 89.3 Å². The second-order valence-electron chi connectivity index (χ2n) is 4.97. The van der Waals surface area contributed by atoms with Crippen molar-refractivity contribution in [3.63, 3.8) is 0 Å². The summed E-state index contributed by atoms with van der Waals surface area (Å²) in [6, 6.07) is 1.90. The number of primary amides is 1. The van der Waals surface area contributed by atoms with Gasteiger partial charge in [0.05, 0.1) is 8.07 Å². The van der Waals surface area contributed by atoms with E-state index in [1.165, 1.54) is 38.1 Å². The van der Waals surface area contributed by atoms with Gasteiger partial charge >= 0.3 is 0 Å². The van der Waals surface area contributed by atoms with E-state index in [-0.39, 0.29) is 5.91 Å². The minimum Gasteiger partial charge on any atom is -0.370 e. The minimum atomic E-state index is -1.30. The predicted molar refractivity (Wildman–Crippen MR) is 65.0 cm³/mol. The highest BCUT2D eigenvalue weighted by molar-refractivity contribution is 6.79. The van der Waals surface area contributed by atoms with Crippen LogP contribution in [0.1, 0.15) is 39.0 Å². The second-order valence-corrected chi connectivity index (χ2v) is 10.2. The average Bonchev–Trinajstić information content (AvgIpc) is 2.01. The topological polar surface area (TPSA) is 43.1 Å². The maximum Gasteiger partial charge on any atom is 0.214 e. The van der Waals surface area contributed by atoms with Crippen LogP contribution in [-0.2, 0) is 4.79 Å². The molecule has 0 saturated carbocycles. The first-order chi connectivity index (χ1) is 6.48. The van der Waals surface area contributed by atoms with Crippen LogP contribution in [0.5, 0.6) is 0 Å².